The van der Waals surface area contributed by atoms with Crippen LogP contribution in [-0.2, 0) is 4.43 Å². The van der Waals surface area contributed by atoms with E-state index in [4.69, 9.17) is 4.43 Å². The molecule has 0 aromatic heterocycles. The number of aliphatic hydroxyl groups excluding tert-OH is 1. The molecule has 2 atom stereocenters. The van der Waals surface area contributed by atoms with Gasteiger partial charge in [-0.15, -0.1) is 0 Å². The quantitative estimate of drug-likeness (QED) is 0.621. The van der Waals surface area contributed by atoms with Crippen molar-refractivity contribution in [3.63, 3.8) is 0 Å². The smallest absolute Gasteiger partial charge is 0.261 e. The first kappa shape index (κ1) is 19.1. The molecule has 0 heterocycles. The molecule has 3 rings (SSSR count). The zero-order valence-corrected chi connectivity index (χ0v) is 17.1. The molecule has 0 fully saturated rings. The molecule has 0 spiro atoms. The summed E-state index contributed by atoms with van der Waals surface area (Å²) in [6.45, 7) is 7.63. The van der Waals surface area contributed by atoms with Crippen molar-refractivity contribution in [2.24, 2.45) is 5.92 Å². The van der Waals surface area contributed by atoms with Gasteiger partial charge in [-0.25, -0.2) is 0 Å². The van der Waals surface area contributed by atoms with E-state index < -0.39 is 8.32 Å². The Morgan fingerprint density at radius 3 is 1.88 bits per heavy atom. The lowest BCUT2D eigenvalue weighted by atomic mass is 10.1. The van der Waals surface area contributed by atoms with E-state index in [0.717, 1.165) is 19.4 Å². The molecule has 0 unspecified atom stereocenters. The molecular weight excluding hydrogens is 336 g/mol. The van der Waals surface area contributed by atoms with Gasteiger partial charge in [-0.3, -0.25) is 0 Å². The molecule has 1 aliphatic rings. The number of allylic oxidation sites excluding steroid dienone is 1. The van der Waals surface area contributed by atoms with Crippen LogP contribution >= 0.6 is 0 Å². The van der Waals surface area contributed by atoms with Gasteiger partial charge in [0, 0.05) is 6.61 Å². The lowest BCUT2D eigenvalue weighted by Crippen LogP contribution is -2.66. The highest BCUT2D eigenvalue weighted by Gasteiger charge is 2.50. The third kappa shape index (κ3) is 3.85. The Morgan fingerprint density at radius 1 is 0.923 bits per heavy atom. The number of hydrogen-bond acceptors (Lipinski definition) is 2. The molecule has 2 aromatic carbocycles. The highest BCUT2D eigenvalue weighted by atomic mass is 28.4. The van der Waals surface area contributed by atoms with Crippen LogP contribution in [0, 0.1) is 5.92 Å². The van der Waals surface area contributed by atoms with Gasteiger partial charge in [0.2, 0.25) is 0 Å². The largest absolute Gasteiger partial charge is 0.407 e. The number of benzene rings is 2. The lowest BCUT2D eigenvalue weighted by molar-refractivity contribution is 0.199. The van der Waals surface area contributed by atoms with Gasteiger partial charge >= 0.3 is 0 Å². The Balaban J connectivity index is 1.94. The molecule has 26 heavy (non-hydrogen) atoms. The van der Waals surface area contributed by atoms with Gasteiger partial charge in [-0.2, -0.15) is 0 Å². The van der Waals surface area contributed by atoms with Gasteiger partial charge in [0.25, 0.3) is 8.32 Å². The van der Waals surface area contributed by atoms with E-state index in [2.05, 4.69) is 87.5 Å². The van der Waals surface area contributed by atoms with E-state index in [1.54, 1.807) is 0 Å². The molecule has 0 radical (unpaired) electrons. The van der Waals surface area contributed by atoms with Crippen LogP contribution in [0.15, 0.2) is 72.8 Å². The molecule has 0 saturated carbocycles. The lowest BCUT2D eigenvalue weighted by Gasteiger charge is -2.43. The molecule has 2 aromatic rings. The number of hydrogen-bond donors (Lipinski definition) is 1. The highest BCUT2D eigenvalue weighted by Crippen LogP contribution is 2.37. The summed E-state index contributed by atoms with van der Waals surface area (Å²) in [7, 11) is -2.42. The first-order valence-electron chi connectivity index (χ1n) is 9.55. The van der Waals surface area contributed by atoms with Crippen LogP contribution in [0.5, 0.6) is 0 Å². The molecule has 3 heteroatoms. The maximum atomic E-state index is 9.73. The topological polar surface area (TPSA) is 29.5 Å². The van der Waals surface area contributed by atoms with Crippen molar-refractivity contribution in [3.05, 3.63) is 72.8 Å². The normalized spacial score (nSPS) is 20.5. The Bertz CT molecular complexity index is 679. The van der Waals surface area contributed by atoms with Gasteiger partial charge in [-0.05, 0) is 34.2 Å². The van der Waals surface area contributed by atoms with Crippen LogP contribution < -0.4 is 10.4 Å². The van der Waals surface area contributed by atoms with E-state index in [9.17, 15) is 5.11 Å². The fourth-order valence-corrected chi connectivity index (χ4v) is 8.67. The Labute approximate surface area is 158 Å². The second kappa shape index (κ2) is 7.91. The third-order valence-corrected chi connectivity index (χ3v) is 10.4. The van der Waals surface area contributed by atoms with Crippen molar-refractivity contribution < 1.29 is 9.53 Å². The maximum Gasteiger partial charge on any atom is 0.261 e. The Kier molecular flexibility index (Phi) is 5.81. The minimum absolute atomic E-state index is 0.0146. The monoisotopic (exact) mass is 366 g/mol. The van der Waals surface area contributed by atoms with E-state index in [1.807, 2.05) is 6.08 Å². The molecule has 0 saturated heterocycles. The van der Waals surface area contributed by atoms with E-state index in [-0.39, 0.29) is 11.1 Å². The molecule has 138 valence electrons. The standard InChI is InChI=1S/C23H30O2Si/c1-23(2,3)26(21-10-6-4-7-11-21,22-12-8-5-9-13-22)25-17-16-19-14-15-20(24)18-19/h4-15,19-20,24H,16-18H2,1-3H3/t19-,20-/m1/s1. The second-order valence-electron chi connectivity index (χ2n) is 8.25. The SMILES string of the molecule is CC(C)(C)[Si](OCC[C@H]1C=C[C@@H](O)C1)(c1ccccc1)c1ccccc1. The van der Waals surface area contributed by atoms with Crippen molar-refractivity contribution in [2.45, 2.75) is 44.8 Å². The molecule has 0 bridgehead atoms. The predicted molar refractivity (Wildman–Crippen MR) is 111 cm³/mol. The Morgan fingerprint density at radius 2 is 1.46 bits per heavy atom. The number of rotatable bonds is 6. The van der Waals surface area contributed by atoms with Crippen LogP contribution in [0.3, 0.4) is 0 Å². The predicted octanol–water partition coefficient (Wildman–Crippen LogP) is 3.89. The minimum atomic E-state index is -2.42. The summed E-state index contributed by atoms with van der Waals surface area (Å²) >= 11 is 0. The first-order chi connectivity index (χ1) is 12.4. The molecular formula is C23H30O2Si. The van der Waals surface area contributed by atoms with Gasteiger partial charge in [0.15, 0.2) is 0 Å². The van der Waals surface area contributed by atoms with Gasteiger partial charge in [0.1, 0.15) is 0 Å². The van der Waals surface area contributed by atoms with Crippen LogP contribution in [0.2, 0.25) is 5.04 Å². The molecule has 1 aliphatic carbocycles. The van der Waals surface area contributed by atoms with Crippen molar-refractivity contribution >= 4 is 18.7 Å². The van der Waals surface area contributed by atoms with Crippen molar-refractivity contribution in [3.8, 4) is 0 Å². The first-order valence-corrected chi connectivity index (χ1v) is 11.5. The second-order valence-corrected chi connectivity index (χ2v) is 12.6. The van der Waals surface area contributed by atoms with Crippen molar-refractivity contribution in [1.29, 1.82) is 0 Å². The fourth-order valence-electron chi connectivity index (χ4n) is 4.09. The van der Waals surface area contributed by atoms with Crippen molar-refractivity contribution in [1.82, 2.24) is 0 Å². The molecule has 1 N–H and O–H groups in total. The van der Waals surface area contributed by atoms with Crippen LogP contribution in [0.4, 0.5) is 0 Å². The maximum absolute atomic E-state index is 9.73. The Hall–Kier alpha value is -1.68. The van der Waals surface area contributed by atoms with Crippen LogP contribution in [0.25, 0.3) is 0 Å². The summed E-state index contributed by atoms with van der Waals surface area (Å²) in [4.78, 5) is 0. The average Bonchev–Trinajstić information content (AvgIpc) is 3.04. The van der Waals surface area contributed by atoms with Gasteiger partial charge in [0.05, 0.1) is 6.10 Å². The van der Waals surface area contributed by atoms with Crippen molar-refractivity contribution in [2.75, 3.05) is 6.61 Å². The fraction of sp³-hybridized carbons (Fsp3) is 0.391. The van der Waals surface area contributed by atoms with Crippen LogP contribution in [0.1, 0.15) is 33.6 Å². The average molecular weight is 367 g/mol. The minimum Gasteiger partial charge on any atom is -0.407 e. The summed E-state index contributed by atoms with van der Waals surface area (Å²) in [6, 6.07) is 21.5. The molecule has 2 nitrogen and oxygen atoms in total. The zero-order valence-electron chi connectivity index (χ0n) is 16.1. The van der Waals surface area contributed by atoms with E-state index in [0.29, 0.717) is 5.92 Å². The number of aliphatic hydroxyl groups is 1. The summed E-state index contributed by atoms with van der Waals surface area (Å²) in [5.41, 5.74) is 0. The summed E-state index contributed by atoms with van der Waals surface area (Å²) in [6.07, 6.45) is 5.54. The summed E-state index contributed by atoms with van der Waals surface area (Å²) < 4.78 is 6.89. The third-order valence-electron chi connectivity index (χ3n) is 5.37. The van der Waals surface area contributed by atoms with E-state index in [1.165, 1.54) is 10.4 Å². The van der Waals surface area contributed by atoms with Gasteiger partial charge < -0.3 is 9.53 Å². The van der Waals surface area contributed by atoms with E-state index >= 15 is 0 Å². The summed E-state index contributed by atoms with van der Waals surface area (Å²) in [5.74, 6) is 0.420. The molecule has 0 aliphatic heterocycles. The van der Waals surface area contributed by atoms with Gasteiger partial charge in [-0.1, -0.05) is 93.6 Å². The van der Waals surface area contributed by atoms with Crippen LogP contribution in [-0.4, -0.2) is 26.1 Å². The molecule has 0 amide bonds. The zero-order chi connectivity index (χ0) is 18.6. The summed E-state index contributed by atoms with van der Waals surface area (Å²) in [5, 5.41) is 12.4. The highest BCUT2D eigenvalue weighted by molar-refractivity contribution is 6.99.